The molecule has 1 aromatic rings. The highest BCUT2D eigenvalue weighted by molar-refractivity contribution is 6.29. The van der Waals surface area contributed by atoms with Crippen LogP contribution in [-0.4, -0.2) is 53.5 Å². The summed E-state index contributed by atoms with van der Waals surface area (Å²) in [6.45, 7) is 4.14. The van der Waals surface area contributed by atoms with Crippen LogP contribution < -0.4 is 10.6 Å². The van der Waals surface area contributed by atoms with Gasteiger partial charge in [-0.25, -0.2) is 9.97 Å². The summed E-state index contributed by atoms with van der Waals surface area (Å²) in [5.41, 5.74) is 0. The van der Waals surface area contributed by atoms with Gasteiger partial charge in [0.05, 0.1) is 6.54 Å². The summed E-state index contributed by atoms with van der Waals surface area (Å²) in [5.74, 6) is 0.361. The third kappa shape index (κ3) is 4.21. The molecule has 98 valence electrons. The van der Waals surface area contributed by atoms with E-state index in [1.54, 1.807) is 0 Å². The van der Waals surface area contributed by atoms with E-state index in [1.807, 2.05) is 0 Å². The third-order valence-corrected chi connectivity index (χ3v) is 2.91. The molecule has 1 fully saturated rings. The number of halogens is 1. The first kappa shape index (κ1) is 13.2. The zero-order valence-corrected chi connectivity index (χ0v) is 10.8. The second-order valence-electron chi connectivity index (χ2n) is 4.15. The van der Waals surface area contributed by atoms with Gasteiger partial charge in [0.25, 0.3) is 0 Å². The molecule has 1 saturated heterocycles. The van der Waals surface area contributed by atoms with Crippen molar-refractivity contribution in [3.05, 3.63) is 17.5 Å². The molecule has 2 heterocycles. The van der Waals surface area contributed by atoms with Crippen molar-refractivity contribution in [2.24, 2.45) is 0 Å². The first-order valence-electron chi connectivity index (χ1n) is 5.94. The van der Waals surface area contributed by atoms with Gasteiger partial charge in [-0.15, -0.1) is 0 Å². The van der Waals surface area contributed by atoms with Gasteiger partial charge in [-0.05, 0) is 19.5 Å². The van der Waals surface area contributed by atoms with Gasteiger partial charge >= 0.3 is 0 Å². The van der Waals surface area contributed by atoms with Crippen LogP contribution in [0.3, 0.4) is 0 Å². The Bertz CT molecular complexity index is 406. The number of carbonyl (C=O) groups excluding carboxylic acids is 1. The van der Waals surface area contributed by atoms with Crippen LogP contribution >= 0.6 is 11.6 Å². The Labute approximate surface area is 111 Å². The molecule has 1 aliphatic rings. The van der Waals surface area contributed by atoms with E-state index in [-0.39, 0.29) is 5.91 Å². The fourth-order valence-corrected chi connectivity index (χ4v) is 1.99. The Morgan fingerprint density at radius 3 is 3.17 bits per heavy atom. The molecule has 0 radical (unpaired) electrons. The van der Waals surface area contributed by atoms with E-state index >= 15 is 0 Å². The minimum Gasteiger partial charge on any atom is -0.315 e. The number of aromatic nitrogens is 2. The first-order chi connectivity index (χ1) is 8.74. The lowest BCUT2D eigenvalue weighted by atomic mass is 10.4. The summed E-state index contributed by atoms with van der Waals surface area (Å²) in [6, 6.07) is 1.53. The molecular formula is C11H16ClN5O. The van der Waals surface area contributed by atoms with Crippen molar-refractivity contribution in [1.29, 1.82) is 0 Å². The smallest absolute Gasteiger partial charge is 0.239 e. The van der Waals surface area contributed by atoms with Gasteiger partial charge in [-0.3, -0.25) is 9.69 Å². The SMILES string of the molecule is O=C(CN1CCCNCC1)Nc1cc(Cl)ncn1. The lowest BCUT2D eigenvalue weighted by molar-refractivity contribution is -0.117. The molecule has 6 nitrogen and oxygen atoms in total. The molecule has 0 aromatic carbocycles. The van der Waals surface area contributed by atoms with Crippen molar-refractivity contribution < 1.29 is 4.79 Å². The van der Waals surface area contributed by atoms with Gasteiger partial charge in [0, 0.05) is 19.2 Å². The lowest BCUT2D eigenvalue weighted by Crippen LogP contribution is -2.35. The summed E-state index contributed by atoms with van der Waals surface area (Å²) in [5, 5.41) is 6.33. The van der Waals surface area contributed by atoms with E-state index in [4.69, 9.17) is 11.6 Å². The Kier molecular flexibility index (Phi) is 4.86. The van der Waals surface area contributed by atoms with Crippen LogP contribution in [0.15, 0.2) is 12.4 Å². The Balaban J connectivity index is 1.84. The molecule has 0 spiro atoms. The van der Waals surface area contributed by atoms with Gasteiger partial charge < -0.3 is 10.6 Å². The van der Waals surface area contributed by atoms with E-state index < -0.39 is 0 Å². The van der Waals surface area contributed by atoms with E-state index in [9.17, 15) is 4.79 Å². The molecule has 0 aliphatic carbocycles. The van der Waals surface area contributed by atoms with Crippen LogP contribution in [0.5, 0.6) is 0 Å². The summed E-state index contributed by atoms with van der Waals surface area (Å²) in [7, 11) is 0. The highest BCUT2D eigenvalue weighted by Gasteiger charge is 2.13. The molecule has 0 unspecified atom stereocenters. The molecule has 0 saturated carbocycles. The second kappa shape index (κ2) is 6.63. The van der Waals surface area contributed by atoms with Crippen LogP contribution in [0.2, 0.25) is 5.15 Å². The van der Waals surface area contributed by atoms with Crippen molar-refractivity contribution in [3.63, 3.8) is 0 Å². The van der Waals surface area contributed by atoms with Crippen LogP contribution in [0, 0.1) is 0 Å². The minimum absolute atomic E-state index is 0.0772. The Morgan fingerprint density at radius 1 is 1.44 bits per heavy atom. The van der Waals surface area contributed by atoms with Crippen molar-refractivity contribution in [1.82, 2.24) is 20.2 Å². The van der Waals surface area contributed by atoms with E-state index in [0.717, 1.165) is 32.6 Å². The van der Waals surface area contributed by atoms with Gasteiger partial charge in [0.2, 0.25) is 5.91 Å². The maximum Gasteiger partial charge on any atom is 0.239 e. The van der Waals surface area contributed by atoms with Gasteiger partial charge in [0.1, 0.15) is 17.3 Å². The normalized spacial score (nSPS) is 17.2. The Morgan fingerprint density at radius 2 is 2.33 bits per heavy atom. The van der Waals surface area contributed by atoms with Gasteiger partial charge in [0.15, 0.2) is 0 Å². The number of rotatable bonds is 3. The summed E-state index contributed by atoms with van der Waals surface area (Å²) in [4.78, 5) is 21.6. The van der Waals surface area contributed by atoms with E-state index in [1.165, 1.54) is 12.4 Å². The number of nitrogens with zero attached hydrogens (tertiary/aromatic N) is 3. The minimum atomic E-state index is -0.0772. The highest BCUT2D eigenvalue weighted by atomic mass is 35.5. The number of carbonyl (C=O) groups is 1. The highest BCUT2D eigenvalue weighted by Crippen LogP contribution is 2.08. The number of hydrogen-bond acceptors (Lipinski definition) is 5. The third-order valence-electron chi connectivity index (χ3n) is 2.70. The van der Waals surface area contributed by atoms with Crippen molar-refractivity contribution in [2.75, 3.05) is 38.0 Å². The zero-order valence-electron chi connectivity index (χ0n) is 10.0. The van der Waals surface area contributed by atoms with Gasteiger partial charge in [-0.2, -0.15) is 0 Å². The molecule has 0 bridgehead atoms. The number of anilines is 1. The lowest BCUT2D eigenvalue weighted by Gasteiger charge is -2.18. The average Bonchev–Trinajstić information content (AvgIpc) is 2.57. The molecule has 1 aromatic heterocycles. The van der Waals surface area contributed by atoms with Crippen LogP contribution in [-0.2, 0) is 4.79 Å². The predicted octanol–water partition coefficient (Wildman–Crippen LogP) is 0.364. The molecular weight excluding hydrogens is 254 g/mol. The molecule has 1 aliphatic heterocycles. The summed E-state index contributed by atoms with van der Waals surface area (Å²) < 4.78 is 0. The molecule has 2 rings (SSSR count). The van der Waals surface area contributed by atoms with Crippen molar-refractivity contribution >= 4 is 23.3 Å². The van der Waals surface area contributed by atoms with E-state index in [2.05, 4.69) is 25.5 Å². The average molecular weight is 270 g/mol. The van der Waals surface area contributed by atoms with Gasteiger partial charge in [-0.1, -0.05) is 11.6 Å². The molecule has 2 N–H and O–H groups in total. The monoisotopic (exact) mass is 269 g/mol. The number of amides is 1. The predicted molar refractivity (Wildman–Crippen MR) is 69.6 cm³/mol. The first-order valence-corrected chi connectivity index (χ1v) is 6.32. The summed E-state index contributed by atoms with van der Waals surface area (Å²) >= 11 is 5.72. The van der Waals surface area contributed by atoms with E-state index in [0.29, 0.717) is 17.5 Å². The van der Waals surface area contributed by atoms with Crippen LogP contribution in [0.25, 0.3) is 0 Å². The van der Waals surface area contributed by atoms with Crippen LogP contribution in [0.1, 0.15) is 6.42 Å². The largest absolute Gasteiger partial charge is 0.315 e. The molecule has 18 heavy (non-hydrogen) atoms. The molecule has 7 heteroatoms. The zero-order chi connectivity index (χ0) is 12.8. The molecule has 0 atom stereocenters. The fourth-order valence-electron chi connectivity index (χ4n) is 1.85. The topological polar surface area (TPSA) is 70.2 Å². The standard InChI is InChI=1S/C11H16ClN5O/c12-9-6-10(15-8-14-9)16-11(18)7-17-4-1-2-13-3-5-17/h6,8,13H,1-5,7H2,(H,14,15,16,18). The summed E-state index contributed by atoms with van der Waals surface area (Å²) in [6.07, 6.45) is 2.39. The quantitative estimate of drug-likeness (QED) is 0.776. The van der Waals surface area contributed by atoms with Crippen molar-refractivity contribution in [3.8, 4) is 0 Å². The van der Waals surface area contributed by atoms with Crippen molar-refractivity contribution in [2.45, 2.75) is 6.42 Å². The number of nitrogens with one attached hydrogen (secondary N) is 2. The molecule has 1 amide bonds. The fraction of sp³-hybridized carbons (Fsp3) is 0.545. The number of hydrogen-bond donors (Lipinski definition) is 2. The maximum absolute atomic E-state index is 11.8. The van der Waals surface area contributed by atoms with Crippen LogP contribution in [0.4, 0.5) is 5.82 Å². The second-order valence-corrected chi connectivity index (χ2v) is 4.54. The maximum atomic E-state index is 11.8. The Hall–Kier alpha value is -1.24.